The molecule has 0 aromatic carbocycles. The number of nitrogens with zero attached hydrogens (tertiary/aromatic N) is 2. The third-order valence-corrected chi connectivity index (χ3v) is 4.42. The maximum Gasteiger partial charge on any atom is 0.326 e. The Morgan fingerprint density at radius 3 is 2.12 bits per heavy atom. The first-order chi connectivity index (χ1) is 14.9. The van der Waals surface area contributed by atoms with E-state index in [1.54, 1.807) is 20.8 Å². The maximum absolute atomic E-state index is 12.4. The van der Waals surface area contributed by atoms with Gasteiger partial charge in [0.1, 0.15) is 12.1 Å². The van der Waals surface area contributed by atoms with Gasteiger partial charge in [0.25, 0.3) is 0 Å². The summed E-state index contributed by atoms with van der Waals surface area (Å²) in [4.78, 5) is 64.6. The van der Waals surface area contributed by atoms with Gasteiger partial charge in [-0.3, -0.25) is 24.2 Å². The summed E-state index contributed by atoms with van der Waals surface area (Å²) < 4.78 is 0. The van der Waals surface area contributed by atoms with E-state index in [4.69, 9.17) is 16.6 Å². The molecule has 0 spiro atoms. The third-order valence-electron chi connectivity index (χ3n) is 4.42. The van der Waals surface area contributed by atoms with Crippen molar-refractivity contribution in [3.63, 3.8) is 0 Å². The van der Waals surface area contributed by atoms with Crippen LogP contribution in [0, 0.1) is 5.92 Å². The predicted octanol–water partition coefficient (Wildman–Crippen LogP) is -1.54. The summed E-state index contributed by atoms with van der Waals surface area (Å²) in [5.74, 6) is -5.10. The van der Waals surface area contributed by atoms with Crippen molar-refractivity contribution in [2.24, 2.45) is 22.4 Å². The van der Waals surface area contributed by atoms with E-state index >= 15 is 0 Å². The number of hydrogen-bond donors (Lipinski definition) is 6. The highest BCUT2D eigenvalue weighted by atomic mass is 16.4. The molecule has 3 amide bonds. The van der Waals surface area contributed by atoms with Gasteiger partial charge in [-0.1, -0.05) is 13.8 Å². The molecule has 0 aliphatic heterocycles. The van der Waals surface area contributed by atoms with E-state index in [1.165, 1.54) is 4.90 Å². The Hall–Kier alpha value is -3.38. The summed E-state index contributed by atoms with van der Waals surface area (Å²) >= 11 is 0. The second-order valence-electron chi connectivity index (χ2n) is 7.46. The number of likely N-dealkylation sites (N-methyl/N-ethyl adjacent to an activating group) is 1. The van der Waals surface area contributed by atoms with Gasteiger partial charge < -0.3 is 37.2 Å². The molecule has 0 aliphatic rings. The van der Waals surface area contributed by atoms with Gasteiger partial charge in [0.15, 0.2) is 5.96 Å². The highest BCUT2D eigenvalue weighted by Crippen LogP contribution is 2.05. The van der Waals surface area contributed by atoms with Crippen LogP contribution in [0.25, 0.3) is 0 Å². The molecule has 0 aromatic rings. The number of aliphatic carboxylic acids is 2. The first-order valence-corrected chi connectivity index (χ1v) is 10.3. The molecule has 0 aliphatic carbocycles. The molecule has 13 heteroatoms. The van der Waals surface area contributed by atoms with E-state index in [0.29, 0.717) is 19.4 Å². The number of carboxylic acid groups (broad SMARTS) is 2. The summed E-state index contributed by atoms with van der Waals surface area (Å²) in [5.41, 5.74) is 10.4. The largest absolute Gasteiger partial charge is 0.481 e. The number of unbranched alkanes of at least 4 members (excludes halogenated alkanes) is 1. The molecule has 32 heavy (non-hydrogen) atoms. The van der Waals surface area contributed by atoms with Crippen molar-refractivity contribution in [1.82, 2.24) is 15.5 Å². The molecular formula is C19H34N6O7. The molecular weight excluding hydrogens is 424 g/mol. The number of guanidine groups is 1. The van der Waals surface area contributed by atoms with Crippen molar-refractivity contribution in [3.8, 4) is 0 Å². The zero-order valence-electron chi connectivity index (χ0n) is 18.7. The van der Waals surface area contributed by atoms with Gasteiger partial charge in [0, 0.05) is 19.5 Å². The molecule has 0 unspecified atom stereocenters. The van der Waals surface area contributed by atoms with Crippen LogP contribution < -0.4 is 22.1 Å². The molecule has 0 heterocycles. The summed E-state index contributed by atoms with van der Waals surface area (Å²) in [6, 6.07) is -2.74. The summed E-state index contributed by atoms with van der Waals surface area (Å²) in [6.45, 7) is 5.05. The number of carboxylic acids is 2. The minimum absolute atomic E-state index is 0.0359. The fourth-order valence-electron chi connectivity index (χ4n) is 2.70. The smallest absolute Gasteiger partial charge is 0.326 e. The van der Waals surface area contributed by atoms with Crippen molar-refractivity contribution >= 4 is 35.6 Å². The van der Waals surface area contributed by atoms with E-state index in [9.17, 15) is 29.1 Å². The van der Waals surface area contributed by atoms with E-state index < -0.39 is 48.2 Å². The van der Waals surface area contributed by atoms with Crippen molar-refractivity contribution in [2.45, 2.75) is 58.5 Å². The Labute approximate surface area is 186 Å². The van der Waals surface area contributed by atoms with Crippen LogP contribution in [0.3, 0.4) is 0 Å². The van der Waals surface area contributed by atoms with Gasteiger partial charge >= 0.3 is 11.9 Å². The first-order valence-electron chi connectivity index (χ1n) is 10.3. The average Bonchev–Trinajstić information content (AvgIpc) is 2.67. The quantitative estimate of drug-likeness (QED) is 0.0950. The molecule has 0 radical (unpaired) electrons. The minimum Gasteiger partial charge on any atom is -0.481 e. The van der Waals surface area contributed by atoms with Gasteiger partial charge in [-0.15, -0.1) is 0 Å². The standard InChI is InChI=1S/C19H34N6O7/c1-4-25(14(27)7-5-6-8-22-19(20)21)10-13(26)23-12(9-15(28)29)17(30)24-16(11(2)3)18(31)32/h11-12,16H,4-10H2,1-3H3,(H,23,26)(H,24,30)(H,28,29)(H,31,32)(H4,20,21,22)/t12-,16-/m0/s1. The number of hydrogen-bond acceptors (Lipinski definition) is 6. The summed E-state index contributed by atoms with van der Waals surface area (Å²) in [6.07, 6.45) is 0.500. The van der Waals surface area contributed by atoms with Crippen LogP contribution in [-0.2, 0) is 24.0 Å². The number of aliphatic imine (C=N–C) groups is 1. The molecule has 182 valence electrons. The second kappa shape index (κ2) is 14.6. The van der Waals surface area contributed by atoms with Gasteiger partial charge in [0.2, 0.25) is 17.7 Å². The van der Waals surface area contributed by atoms with Crippen molar-refractivity contribution in [3.05, 3.63) is 0 Å². The lowest BCUT2D eigenvalue weighted by Crippen LogP contribution is -2.55. The Bertz CT molecular complexity index is 706. The Morgan fingerprint density at radius 1 is 1.03 bits per heavy atom. The second-order valence-corrected chi connectivity index (χ2v) is 7.46. The summed E-state index contributed by atoms with van der Waals surface area (Å²) in [7, 11) is 0. The number of carbonyl (C=O) groups is 5. The minimum atomic E-state index is -1.49. The summed E-state index contributed by atoms with van der Waals surface area (Å²) in [5, 5.41) is 22.8. The average molecular weight is 459 g/mol. The van der Waals surface area contributed by atoms with Gasteiger partial charge in [-0.25, -0.2) is 4.79 Å². The van der Waals surface area contributed by atoms with Crippen LogP contribution in [0.15, 0.2) is 4.99 Å². The zero-order chi connectivity index (χ0) is 24.8. The zero-order valence-corrected chi connectivity index (χ0v) is 18.7. The number of carbonyl (C=O) groups excluding carboxylic acids is 3. The number of nitrogens with two attached hydrogens (primary N) is 2. The molecule has 0 bridgehead atoms. The van der Waals surface area contributed by atoms with E-state index in [1.807, 2.05) is 0 Å². The Balaban J connectivity index is 4.96. The number of amides is 3. The van der Waals surface area contributed by atoms with Gasteiger partial charge in [0.05, 0.1) is 13.0 Å². The van der Waals surface area contributed by atoms with E-state index in [0.717, 1.165) is 0 Å². The van der Waals surface area contributed by atoms with Gasteiger partial charge in [-0.2, -0.15) is 0 Å². The molecule has 0 aromatic heterocycles. The van der Waals surface area contributed by atoms with Crippen molar-refractivity contribution < 1.29 is 34.2 Å². The molecule has 0 saturated heterocycles. The number of nitrogens with one attached hydrogen (secondary N) is 2. The van der Waals surface area contributed by atoms with E-state index in [-0.39, 0.29) is 31.4 Å². The highest BCUT2D eigenvalue weighted by molar-refractivity contribution is 5.94. The van der Waals surface area contributed by atoms with Crippen LogP contribution in [-0.4, -0.2) is 82.5 Å². The normalized spacial score (nSPS) is 12.4. The van der Waals surface area contributed by atoms with Crippen LogP contribution in [0.1, 0.15) is 46.5 Å². The predicted molar refractivity (Wildman–Crippen MR) is 115 cm³/mol. The van der Waals surface area contributed by atoms with E-state index in [2.05, 4.69) is 15.6 Å². The molecule has 13 nitrogen and oxygen atoms in total. The Kier molecular flexibility index (Phi) is 13.1. The van der Waals surface area contributed by atoms with Gasteiger partial charge in [-0.05, 0) is 25.7 Å². The van der Waals surface area contributed by atoms with Crippen LogP contribution >= 0.6 is 0 Å². The van der Waals surface area contributed by atoms with Crippen molar-refractivity contribution in [1.29, 1.82) is 0 Å². The monoisotopic (exact) mass is 458 g/mol. The molecule has 0 rings (SSSR count). The fourth-order valence-corrected chi connectivity index (χ4v) is 2.70. The fraction of sp³-hybridized carbons (Fsp3) is 0.684. The number of rotatable bonds is 15. The topological polar surface area (TPSA) is 218 Å². The highest BCUT2D eigenvalue weighted by Gasteiger charge is 2.30. The van der Waals surface area contributed by atoms with Crippen LogP contribution in [0.2, 0.25) is 0 Å². The SMILES string of the molecule is CCN(CC(=O)N[C@@H](CC(=O)O)C(=O)N[C@H](C(=O)O)C(C)C)C(=O)CCCCN=C(N)N. The van der Waals surface area contributed by atoms with Crippen molar-refractivity contribution in [2.75, 3.05) is 19.6 Å². The lowest BCUT2D eigenvalue weighted by Gasteiger charge is -2.24. The molecule has 0 saturated carbocycles. The first kappa shape index (κ1) is 28.6. The maximum atomic E-state index is 12.4. The Morgan fingerprint density at radius 2 is 1.66 bits per heavy atom. The third kappa shape index (κ3) is 11.7. The molecule has 2 atom stereocenters. The van der Waals surface area contributed by atoms with Crippen LogP contribution in [0.4, 0.5) is 0 Å². The molecule has 0 fully saturated rings. The lowest BCUT2D eigenvalue weighted by atomic mass is 10.0. The molecule has 8 N–H and O–H groups in total. The van der Waals surface area contributed by atoms with Crippen LogP contribution in [0.5, 0.6) is 0 Å². The lowest BCUT2D eigenvalue weighted by molar-refractivity contribution is -0.144.